The molecular weight excluding hydrogens is 296 g/mol. The molecule has 0 saturated carbocycles. The van der Waals surface area contributed by atoms with Crippen LogP contribution in [-0.4, -0.2) is 38.7 Å². The number of hydrogen-bond acceptors (Lipinski definition) is 4. The number of aromatic nitrogens is 3. The Kier molecular flexibility index (Phi) is 4.57. The van der Waals surface area contributed by atoms with Gasteiger partial charge in [-0.1, -0.05) is 0 Å². The molecule has 1 atom stereocenters. The van der Waals surface area contributed by atoms with Crippen molar-refractivity contribution >= 4 is 17.2 Å². The molecule has 1 saturated heterocycles. The summed E-state index contributed by atoms with van der Waals surface area (Å²) in [5, 5.41) is 7.42. The minimum atomic E-state index is 0.252. The van der Waals surface area contributed by atoms with Crippen molar-refractivity contribution in [1.29, 1.82) is 0 Å². The zero-order valence-corrected chi connectivity index (χ0v) is 14.0. The van der Waals surface area contributed by atoms with Gasteiger partial charge in [-0.25, -0.2) is 4.98 Å². The van der Waals surface area contributed by atoms with Gasteiger partial charge in [-0.05, 0) is 31.7 Å². The number of piperidine rings is 1. The first-order valence-electron chi connectivity index (χ1n) is 7.79. The predicted octanol–water partition coefficient (Wildman–Crippen LogP) is 2.52. The number of likely N-dealkylation sites (tertiary alicyclic amines) is 1. The van der Waals surface area contributed by atoms with Gasteiger partial charge in [-0.3, -0.25) is 9.48 Å². The van der Waals surface area contributed by atoms with Crippen LogP contribution in [0.3, 0.4) is 0 Å². The van der Waals surface area contributed by atoms with Crippen LogP contribution in [0.1, 0.15) is 41.4 Å². The molecule has 0 unspecified atom stereocenters. The van der Waals surface area contributed by atoms with E-state index in [9.17, 15) is 4.79 Å². The monoisotopic (exact) mass is 318 g/mol. The van der Waals surface area contributed by atoms with Gasteiger partial charge in [0, 0.05) is 49.7 Å². The molecular formula is C16H22N4OS. The van der Waals surface area contributed by atoms with Crippen LogP contribution in [-0.2, 0) is 18.3 Å². The summed E-state index contributed by atoms with van der Waals surface area (Å²) in [6.45, 7) is 3.73. The summed E-state index contributed by atoms with van der Waals surface area (Å²) in [4.78, 5) is 19.1. The molecule has 0 bridgehead atoms. The first-order chi connectivity index (χ1) is 10.6. The lowest BCUT2D eigenvalue weighted by molar-refractivity contribution is -0.132. The first-order valence-corrected chi connectivity index (χ1v) is 8.67. The summed E-state index contributed by atoms with van der Waals surface area (Å²) in [5.74, 6) is 0.664. The van der Waals surface area contributed by atoms with E-state index in [0.29, 0.717) is 12.3 Å². The van der Waals surface area contributed by atoms with Crippen molar-refractivity contribution in [1.82, 2.24) is 19.7 Å². The van der Waals surface area contributed by atoms with Crippen molar-refractivity contribution in [3.8, 4) is 0 Å². The van der Waals surface area contributed by atoms with E-state index in [1.807, 2.05) is 31.3 Å². The fourth-order valence-electron chi connectivity index (χ4n) is 2.98. The Labute approximate surface area is 135 Å². The molecule has 1 fully saturated rings. The number of aryl methyl sites for hydroxylation is 3. The van der Waals surface area contributed by atoms with Crippen LogP contribution in [0.15, 0.2) is 17.8 Å². The van der Waals surface area contributed by atoms with E-state index >= 15 is 0 Å². The summed E-state index contributed by atoms with van der Waals surface area (Å²) < 4.78 is 1.78. The van der Waals surface area contributed by atoms with E-state index in [4.69, 9.17) is 0 Å². The van der Waals surface area contributed by atoms with Gasteiger partial charge in [0.2, 0.25) is 5.91 Å². The van der Waals surface area contributed by atoms with Gasteiger partial charge in [0.05, 0.1) is 11.2 Å². The Bertz CT molecular complexity index is 648. The molecule has 3 heterocycles. The van der Waals surface area contributed by atoms with Crippen LogP contribution in [0.2, 0.25) is 0 Å². The minimum Gasteiger partial charge on any atom is -0.342 e. The third-order valence-corrected chi connectivity index (χ3v) is 5.27. The van der Waals surface area contributed by atoms with Crippen molar-refractivity contribution < 1.29 is 4.79 Å². The van der Waals surface area contributed by atoms with Crippen molar-refractivity contribution in [2.24, 2.45) is 7.05 Å². The summed E-state index contributed by atoms with van der Waals surface area (Å²) >= 11 is 1.72. The third kappa shape index (κ3) is 3.55. The number of thiazole rings is 1. The molecule has 0 spiro atoms. The van der Waals surface area contributed by atoms with Crippen LogP contribution in [0.4, 0.5) is 0 Å². The summed E-state index contributed by atoms with van der Waals surface area (Å²) in [6.07, 6.45) is 7.36. The van der Waals surface area contributed by atoms with E-state index in [-0.39, 0.29) is 5.91 Å². The van der Waals surface area contributed by atoms with E-state index in [0.717, 1.165) is 43.6 Å². The van der Waals surface area contributed by atoms with Crippen molar-refractivity contribution in [2.75, 3.05) is 13.1 Å². The summed E-state index contributed by atoms with van der Waals surface area (Å²) in [5.41, 5.74) is 2.21. The maximum atomic E-state index is 12.4. The second-order valence-corrected chi connectivity index (χ2v) is 6.92. The van der Waals surface area contributed by atoms with Crippen LogP contribution >= 0.6 is 11.3 Å². The van der Waals surface area contributed by atoms with Gasteiger partial charge in [-0.2, -0.15) is 5.10 Å². The standard InChI is InChI=1S/C16H22N4OS/c1-12-11-22-16(18-12)14-4-3-7-20(10-14)15(21)6-5-13-8-17-19(2)9-13/h8-9,11,14H,3-7,10H2,1-2H3/t14-/m0/s1. The highest BCUT2D eigenvalue weighted by atomic mass is 32.1. The fraction of sp³-hybridized carbons (Fsp3) is 0.562. The Morgan fingerprint density at radius 3 is 3.05 bits per heavy atom. The molecule has 2 aromatic rings. The number of carbonyl (C=O) groups excluding carboxylic acids is 1. The van der Waals surface area contributed by atoms with Gasteiger partial charge in [0.25, 0.3) is 0 Å². The molecule has 1 aliphatic heterocycles. The largest absolute Gasteiger partial charge is 0.342 e. The molecule has 1 amide bonds. The van der Waals surface area contributed by atoms with Gasteiger partial charge < -0.3 is 4.90 Å². The minimum absolute atomic E-state index is 0.252. The molecule has 0 N–H and O–H groups in total. The Hall–Kier alpha value is -1.69. The maximum absolute atomic E-state index is 12.4. The maximum Gasteiger partial charge on any atom is 0.222 e. The number of carbonyl (C=O) groups is 1. The second kappa shape index (κ2) is 6.60. The van der Waals surface area contributed by atoms with Crippen LogP contribution < -0.4 is 0 Å². The lowest BCUT2D eigenvalue weighted by Crippen LogP contribution is -2.39. The highest BCUT2D eigenvalue weighted by Crippen LogP contribution is 2.29. The van der Waals surface area contributed by atoms with E-state index in [1.165, 1.54) is 5.01 Å². The SMILES string of the molecule is Cc1csc([C@H]2CCCN(C(=O)CCc3cnn(C)c3)C2)n1. The lowest BCUT2D eigenvalue weighted by atomic mass is 9.98. The second-order valence-electron chi connectivity index (χ2n) is 6.03. The number of hydrogen-bond donors (Lipinski definition) is 0. The molecule has 2 aromatic heterocycles. The quantitative estimate of drug-likeness (QED) is 0.870. The van der Waals surface area contributed by atoms with Crippen molar-refractivity contribution in [3.05, 3.63) is 34.0 Å². The molecule has 6 heteroatoms. The topological polar surface area (TPSA) is 51.0 Å². The molecule has 0 radical (unpaired) electrons. The zero-order chi connectivity index (χ0) is 15.5. The molecule has 0 aromatic carbocycles. The van der Waals surface area contributed by atoms with Crippen LogP contribution in [0, 0.1) is 6.92 Å². The molecule has 0 aliphatic carbocycles. The molecule has 22 heavy (non-hydrogen) atoms. The zero-order valence-electron chi connectivity index (χ0n) is 13.2. The smallest absolute Gasteiger partial charge is 0.222 e. The van der Waals surface area contributed by atoms with Gasteiger partial charge in [0.15, 0.2) is 0 Å². The third-order valence-electron chi connectivity index (χ3n) is 4.15. The fourth-order valence-corrected chi connectivity index (χ4v) is 3.90. The lowest BCUT2D eigenvalue weighted by Gasteiger charge is -2.32. The van der Waals surface area contributed by atoms with E-state index in [1.54, 1.807) is 16.0 Å². The van der Waals surface area contributed by atoms with E-state index < -0.39 is 0 Å². The Balaban J connectivity index is 1.55. The Morgan fingerprint density at radius 1 is 1.50 bits per heavy atom. The van der Waals surface area contributed by atoms with Crippen LogP contribution in [0.25, 0.3) is 0 Å². The highest BCUT2D eigenvalue weighted by molar-refractivity contribution is 7.09. The first kappa shape index (κ1) is 15.2. The molecule has 3 rings (SSSR count). The van der Waals surface area contributed by atoms with E-state index in [2.05, 4.69) is 15.5 Å². The van der Waals surface area contributed by atoms with Gasteiger partial charge in [-0.15, -0.1) is 11.3 Å². The highest BCUT2D eigenvalue weighted by Gasteiger charge is 2.26. The average Bonchev–Trinajstić information content (AvgIpc) is 3.13. The predicted molar refractivity (Wildman–Crippen MR) is 86.9 cm³/mol. The number of nitrogens with zero attached hydrogens (tertiary/aromatic N) is 4. The molecule has 5 nitrogen and oxygen atoms in total. The normalized spacial score (nSPS) is 18.6. The van der Waals surface area contributed by atoms with Gasteiger partial charge in [0.1, 0.15) is 0 Å². The Morgan fingerprint density at radius 2 is 2.36 bits per heavy atom. The number of rotatable bonds is 4. The number of amides is 1. The summed E-state index contributed by atoms with van der Waals surface area (Å²) in [7, 11) is 1.90. The van der Waals surface area contributed by atoms with Crippen LogP contribution in [0.5, 0.6) is 0 Å². The summed E-state index contributed by atoms with van der Waals surface area (Å²) in [6, 6.07) is 0. The van der Waals surface area contributed by atoms with Gasteiger partial charge >= 0.3 is 0 Å². The average molecular weight is 318 g/mol. The van der Waals surface area contributed by atoms with Crippen molar-refractivity contribution in [3.63, 3.8) is 0 Å². The molecule has 118 valence electrons. The molecule has 1 aliphatic rings. The van der Waals surface area contributed by atoms with Crippen molar-refractivity contribution in [2.45, 2.75) is 38.5 Å².